The number of rotatable bonds is 4. The van der Waals surface area contributed by atoms with E-state index in [1.165, 1.54) is 0 Å². The molecule has 0 N–H and O–H groups in total. The predicted molar refractivity (Wildman–Crippen MR) is 77.4 cm³/mol. The standard InChI is InChI=1S/C17H14NO2/c1-2-19-15-10-8-14(9-11-15)17-16(18-12-20-17)13-6-4-3-5-7-13/h3-11H,2H2,1H3. The first kappa shape index (κ1) is 12.5. The van der Waals surface area contributed by atoms with Gasteiger partial charge in [-0.05, 0) is 31.2 Å². The lowest BCUT2D eigenvalue weighted by Gasteiger charge is -2.04. The van der Waals surface area contributed by atoms with Gasteiger partial charge in [0.05, 0.1) is 6.61 Å². The van der Waals surface area contributed by atoms with Gasteiger partial charge in [0.2, 0.25) is 0 Å². The van der Waals surface area contributed by atoms with Gasteiger partial charge in [0, 0.05) is 11.1 Å². The fourth-order valence-electron chi connectivity index (χ4n) is 2.07. The molecule has 0 aliphatic rings. The first-order chi connectivity index (χ1) is 9.88. The summed E-state index contributed by atoms with van der Waals surface area (Å²) in [6, 6.07) is 17.7. The number of hydrogen-bond acceptors (Lipinski definition) is 3. The maximum atomic E-state index is 5.44. The second-order valence-corrected chi connectivity index (χ2v) is 4.31. The summed E-state index contributed by atoms with van der Waals surface area (Å²) < 4.78 is 10.9. The van der Waals surface area contributed by atoms with E-state index in [1.807, 2.05) is 61.5 Å². The molecule has 3 rings (SSSR count). The molecule has 0 saturated carbocycles. The largest absolute Gasteiger partial charge is 0.494 e. The highest BCUT2D eigenvalue weighted by Gasteiger charge is 2.12. The zero-order valence-corrected chi connectivity index (χ0v) is 11.2. The smallest absolute Gasteiger partial charge is 0.284 e. The average Bonchev–Trinajstić information content (AvgIpc) is 2.99. The second kappa shape index (κ2) is 5.61. The summed E-state index contributed by atoms with van der Waals surface area (Å²) >= 11 is 0. The molecule has 3 aromatic rings. The first-order valence-corrected chi connectivity index (χ1v) is 6.54. The minimum Gasteiger partial charge on any atom is -0.494 e. The Morgan fingerprint density at radius 3 is 2.45 bits per heavy atom. The normalized spacial score (nSPS) is 10.4. The molecule has 0 unspecified atom stereocenters. The van der Waals surface area contributed by atoms with Gasteiger partial charge in [0.1, 0.15) is 11.4 Å². The van der Waals surface area contributed by atoms with E-state index in [1.54, 1.807) is 0 Å². The fourth-order valence-corrected chi connectivity index (χ4v) is 2.07. The summed E-state index contributed by atoms with van der Waals surface area (Å²) in [5.74, 6) is 1.57. The number of nitrogens with zero attached hydrogens (tertiary/aromatic N) is 1. The van der Waals surface area contributed by atoms with E-state index in [2.05, 4.69) is 11.4 Å². The first-order valence-electron chi connectivity index (χ1n) is 6.54. The molecule has 0 aliphatic heterocycles. The molecular weight excluding hydrogens is 250 g/mol. The third kappa shape index (κ3) is 2.43. The van der Waals surface area contributed by atoms with Crippen LogP contribution >= 0.6 is 0 Å². The SMILES string of the molecule is CCOc1ccc(-c2o[c]nc2-c2ccccc2)cc1. The monoisotopic (exact) mass is 264 g/mol. The van der Waals surface area contributed by atoms with E-state index in [4.69, 9.17) is 9.15 Å². The maximum absolute atomic E-state index is 5.44. The number of ether oxygens (including phenoxy) is 1. The average molecular weight is 264 g/mol. The van der Waals surface area contributed by atoms with Crippen molar-refractivity contribution >= 4 is 0 Å². The van der Waals surface area contributed by atoms with Crippen molar-refractivity contribution in [2.24, 2.45) is 0 Å². The van der Waals surface area contributed by atoms with Gasteiger partial charge in [-0.1, -0.05) is 30.3 Å². The van der Waals surface area contributed by atoms with Crippen molar-refractivity contribution in [1.29, 1.82) is 0 Å². The Balaban J connectivity index is 1.97. The van der Waals surface area contributed by atoms with Crippen LogP contribution in [-0.2, 0) is 0 Å². The quantitative estimate of drug-likeness (QED) is 0.708. The van der Waals surface area contributed by atoms with Crippen molar-refractivity contribution in [3.05, 3.63) is 61.0 Å². The lowest BCUT2D eigenvalue weighted by atomic mass is 10.1. The van der Waals surface area contributed by atoms with Crippen LogP contribution in [0, 0.1) is 6.39 Å². The molecule has 0 saturated heterocycles. The summed E-state index contributed by atoms with van der Waals surface area (Å²) in [6.07, 6.45) is 2.58. The van der Waals surface area contributed by atoms with Gasteiger partial charge in [-0.2, -0.15) is 0 Å². The van der Waals surface area contributed by atoms with Crippen LogP contribution in [0.5, 0.6) is 5.75 Å². The molecule has 0 atom stereocenters. The molecule has 1 radical (unpaired) electrons. The molecule has 1 aromatic heterocycles. The van der Waals surface area contributed by atoms with E-state index in [-0.39, 0.29) is 0 Å². The van der Waals surface area contributed by atoms with Crippen molar-refractivity contribution < 1.29 is 9.15 Å². The maximum Gasteiger partial charge on any atom is 0.284 e. The van der Waals surface area contributed by atoms with Crippen LogP contribution in [0.25, 0.3) is 22.6 Å². The van der Waals surface area contributed by atoms with E-state index >= 15 is 0 Å². The molecule has 3 nitrogen and oxygen atoms in total. The topological polar surface area (TPSA) is 35.3 Å². The molecule has 0 bridgehead atoms. The number of benzene rings is 2. The Labute approximate surface area is 117 Å². The molecule has 0 amide bonds. The fraction of sp³-hybridized carbons (Fsp3) is 0.118. The Hall–Kier alpha value is -2.55. The third-order valence-corrected chi connectivity index (χ3v) is 2.99. The third-order valence-electron chi connectivity index (χ3n) is 2.99. The van der Waals surface area contributed by atoms with Crippen LogP contribution in [0.1, 0.15) is 6.92 Å². The van der Waals surface area contributed by atoms with Crippen LogP contribution in [0.15, 0.2) is 59.0 Å². The summed E-state index contributed by atoms with van der Waals surface area (Å²) in [5.41, 5.74) is 2.78. The van der Waals surface area contributed by atoms with Crippen molar-refractivity contribution in [2.45, 2.75) is 6.92 Å². The Morgan fingerprint density at radius 2 is 1.75 bits per heavy atom. The zero-order chi connectivity index (χ0) is 13.8. The van der Waals surface area contributed by atoms with Gasteiger partial charge >= 0.3 is 0 Å². The molecule has 1 heterocycles. The highest BCUT2D eigenvalue weighted by atomic mass is 16.5. The predicted octanol–water partition coefficient (Wildman–Crippen LogP) is 4.21. The van der Waals surface area contributed by atoms with Crippen molar-refractivity contribution in [3.63, 3.8) is 0 Å². The Kier molecular flexibility index (Phi) is 3.50. The molecule has 0 aliphatic carbocycles. The second-order valence-electron chi connectivity index (χ2n) is 4.31. The van der Waals surface area contributed by atoms with Crippen molar-refractivity contribution in [2.75, 3.05) is 6.61 Å². The molecule has 2 aromatic carbocycles. The van der Waals surface area contributed by atoms with Crippen molar-refractivity contribution in [1.82, 2.24) is 4.98 Å². The van der Waals surface area contributed by atoms with E-state index < -0.39 is 0 Å². The minimum atomic E-state index is 0.657. The zero-order valence-electron chi connectivity index (χ0n) is 11.2. The summed E-state index contributed by atoms with van der Waals surface area (Å²) in [7, 11) is 0. The van der Waals surface area contributed by atoms with Crippen LogP contribution in [0.3, 0.4) is 0 Å². The number of aromatic nitrogens is 1. The van der Waals surface area contributed by atoms with Crippen LogP contribution in [0.4, 0.5) is 0 Å². The van der Waals surface area contributed by atoms with Crippen molar-refractivity contribution in [3.8, 4) is 28.3 Å². The summed E-state index contributed by atoms with van der Waals surface area (Å²) in [5, 5.41) is 0. The van der Waals surface area contributed by atoms with E-state index in [0.29, 0.717) is 6.61 Å². The Morgan fingerprint density at radius 1 is 1.00 bits per heavy atom. The number of hydrogen-bond donors (Lipinski definition) is 0. The Bertz CT molecular complexity index is 672. The molecular formula is C17H14NO2. The van der Waals surface area contributed by atoms with Gasteiger partial charge in [0.15, 0.2) is 5.76 Å². The highest BCUT2D eigenvalue weighted by Crippen LogP contribution is 2.31. The lowest BCUT2D eigenvalue weighted by Crippen LogP contribution is -1.90. The lowest BCUT2D eigenvalue weighted by molar-refractivity contribution is 0.340. The van der Waals surface area contributed by atoms with Gasteiger partial charge in [-0.15, -0.1) is 0 Å². The van der Waals surface area contributed by atoms with Crippen LogP contribution in [0.2, 0.25) is 0 Å². The van der Waals surface area contributed by atoms with E-state index in [9.17, 15) is 0 Å². The molecule has 3 heteroatoms. The van der Waals surface area contributed by atoms with Gasteiger partial charge in [-0.25, -0.2) is 4.98 Å². The molecule has 0 fully saturated rings. The van der Waals surface area contributed by atoms with E-state index in [0.717, 1.165) is 28.3 Å². The highest BCUT2D eigenvalue weighted by molar-refractivity contribution is 5.76. The number of oxazole rings is 1. The summed E-state index contributed by atoms with van der Waals surface area (Å²) in [4.78, 5) is 4.20. The van der Waals surface area contributed by atoms with Gasteiger partial charge < -0.3 is 9.15 Å². The minimum absolute atomic E-state index is 0.657. The molecule has 0 spiro atoms. The molecule has 20 heavy (non-hydrogen) atoms. The van der Waals surface area contributed by atoms with Gasteiger partial charge in [-0.3, -0.25) is 0 Å². The molecule has 99 valence electrons. The van der Waals surface area contributed by atoms with Gasteiger partial charge in [0.25, 0.3) is 6.39 Å². The van der Waals surface area contributed by atoms with Crippen LogP contribution < -0.4 is 4.74 Å². The summed E-state index contributed by atoms with van der Waals surface area (Å²) in [6.45, 7) is 2.62. The van der Waals surface area contributed by atoms with Crippen LogP contribution in [-0.4, -0.2) is 11.6 Å².